The highest BCUT2D eigenvalue weighted by molar-refractivity contribution is 5.77. The van der Waals surface area contributed by atoms with Crippen molar-refractivity contribution in [2.24, 2.45) is 18.7 Å². The van der Waals surface area contributed by atoms with Gasteiger partial charge in [0.2, 0.25) is 0 Å². The predicted octanol–water partition coefficient (Wildman–Crippen LogP) is 1.60. The van der Waals surface area contributed by atoms with E-state index in [0.717, 1.165) is 22.4 Å². The molecule has 1 aromatic heterocycles. The van der Waals surface area contributed by atoms with E-state index in [9.17, 15) is 4.79 Å². The summed E-state index contributed by atoms with van der Waals surface area (Å²) in [6.45, 7) is 3.54. The van der Waals surface area contributed by atoms with Crippen LogP contribution in [0.25, 0.3) is 11.0 Å². The maximum atomic E-state index is 10.9. The van der Waals surface area contributed by atoms with Crippen LogP contribution in [-0.4, -0.2) is 20.6 Å². The fraction of sp³-hybridized carbons (Fsp3) is 0.385. The quantitative estimate of drug-likeness (QED) is 0.863. The summed E-state index contributed by atoms with van der Waals surface area (Å²) in [7, 11) is 1.95. The molecule has 1 heterocycles. The van der Waals surface area contributed by atoms with E-state index in [0.29, 0.717) is 0 Å². The van der Waals surface area contributed by atoms with Gasteiger partial charge in [0.05, 0.1) is 17.0 Å². The third-order valence-electron chi connectivity index (χ3n) is 3.44. The molecule has 0 bridgehead atoms. The smallest absolute Gasteiger partial charge is 0.308 e. The van der Waals surface area contributed by atoms with Crippen molar-refractivity contribution in [3.8, 4) is 0 Å². The predicted molar refractivity (Wildman–Crippen MR) is 69.2 cm³/mol. The number of carboxylic acid groups (broad SMARTS) is 1. The summed E-state index contributed by atoms with van der Waals surface area (Å²) in [5.74, 6) is -0.589. The lowest BCUT2D eigenvalue weighted by atomic mass is 9.95. The molecule has 1 aromatic carbocycles. The lowest BCUT2D eigenvalue weighted by Gasteiger charge is -2.16. The SMILES string of the molecule is Cc1nc2cc(C(N)C(C)C(=O)O)ccc2n1C. The van der Waals surface area contributed by atoms with Crippen LogP contribution in [-0.2, 0) is 11.8 Å². The fourth-order valence-electron chi connectivity index (χ4n) is 1.99. The molecule has 5 nitrogen and oxygen atoms in total. The van der Waals surface area contributed by atoms with Gasteiger partial charge in [-0.2, -0.15) is 0 Å². The van der Waals surface area contributed by atoms with E-state index < -0.39 is 17.9 Å². The molecule has 0 aliphatic carbocycles. The van der Waals surface area contributed by atoms with Crippen molar-refractivity contribution in [2.75, 3.05) is 0 Å². The van der Waals surface area contributed by atoms with Gasteiger partial charge in [-0.3, -0.25) is 4.79 Å². The number of aromatic nitrogens is 2. The van der Waals surface area contributed by atoms with E-state index in [1.165, 1.54) is 0 Å². The zero-order valence-corrected chi connectivity index (χ0v) is 10.7. The molecule has 0 spiro atoms. The molecule has 0 fully saturated rings. The van der Waals surface area contributed by atoms with Gasteiger partial charge in [0.15, 0.2) is 0 Å². The summed E-state index contributed by atoms with van der Waals surface area (Å²) in [6.07, 6.45) is 0. The number of carboxylic acids is 1. The number of rotatable bonds is 3. The Morgan fingerprint density at radius 3 is 2.78 bits per heavy atom. The molecule has 96 valence electrons. The van der Waals surface area contributed by atoms with Crippen LogP contribution in [0.1, 0.15) is 24.4 Å². The average molecular weight is 247 g/mol. The van der Waals surface area contributed by atoms with Gasteiger partial charge >= 0.3 is 5.97 Å². The first-order valence-electron chi connectivity index (χ1n) is 5.83. The summed E-state index contributed by atoms with van der Waals surface area (Å²) in [4.78, 5) is 15.4. The highest BCUT2D eigenvalue weighted by Gasteiger charge is 2.22. The van der Waals surface area contributed by atoms with E-state index >= 15 is 0 Å². The molecular formula is C13H17N3O2. The fourth-order valence-corrected chi connectivity index (χ4v) is 1.99. The van der Waals surface area contributed by atoms with Crippen LogP contribution >= 0.6 is 0 Å². The molecule has 0 radical (unpaired) electrons. The van der Waals surface area contributed by atoms with Crippen molar-refractivity contribution in [3.63, 3.8) is 0 Å². The van der Waals surface area contributed by atoms with Crippen LogP contribution in [0.3, 0.4) is 0 Å². The van der Waals surface area contributed by atoms with Gasteiger partial charge in [-0.25, -0.2) is 4.98 Å². The lowest BCUT2D eigenvalue weighted by Crippen LogP contribution is -2.25. The summed E-state index contributed by atoms with van der Waals surface area (Å²) in [6, 6.07) is 5.15. The molecule has 0 saturated heterocycles. The summed E-state index contributed by atoms with van der Waals surface area (Å²) in [5, 5.41) is 8.98. The first kappa shape index (κ1) is 12.6. The van der Waals surface area contributed by atoms with Gasteiger partial charge in [0, 0.05) is 13.1 Å². The van der Waals surface area contributed by atoms with Crippen LogP contribution in [0.4, 0.5) is 0 Å². The Hall–Kier alpha value is -1.88. The number of hydrogen-bond donors (Lipinski definition) is 2. The molecule has 2 unspecified atom stereocenters. The van der Waals surface area contributed by atoms with E-state index in [1.807, 2.05) is 36.7 Å². The number of nitrogens with zero attached hydrogens (tertiary/aromatic N) is 2. The largest absolute Gasteiger partial charge is 0.481 e. The minimum absolute atomic E-state index is 0.519. The number of carbonyl (C=O) groups is 1. The monoisotopic (exact) mass is 247 g/mol. The Bertz CT molecular complexity index is 604. The van der Waals surface area contributed by atoms with Crippen molar-refractivity contribution >= 4 is 17.0 Å². The summed E-state index contributed by atoms with van der Waals surface area (Å²) >= 11 is 0. The Labute approximate surface area is 105 Å². The lowest BCUT2D eigenvalue weighted by molar-refractivity contribution is -0.141. The summed E-state index contributed by atoms with van der Waals surface area (Å²) < 4.78 is 1.99. The number of benzene rings is 1. The number of aliphatic carboxylic acids is 1. The van der Waals surface area contributed by atoms with Crippen LogP contribution in [0.2, 0.25) is 0 Å². The number of nitrogens with two attached hydrogens (primary N) is 1. The highest BCUT2D eigenvalue weighted by atomic mass is 16.4. The van der Waals surface area contributed by atoms with Gasteiger partial charge in [-0.05, 0) is 24.6 Å². The summed E-state index contributed by atoms with van der Waals surface area (Å²) in [5.41, 5.74) is 8.63. The number of aryl methyl sites for hydroxylation is 2. The minimum Gasteiger partial charge on any atom is -0.481 e. The Morgan fingerprint density at radius 2 is 2.17 bits per heavy atom. The molecule has 0 aliphatic heterocycles. The molecule has 0 saturated carbocycles. The van der Waals surface area contributed by atoms with Gasteiger partial charge < -0.3 is 15.4 Å². The minimum atomic E-state index is -0.889. The van der Waals surface area contributed by atoms with E-state index in [4.69, 9.17) is 10.8 Å². The van der Waals surface area contributed by atoms with Crippen molar-refractivity contribution in [2.45, 2.75) is 19.9 Å². The van der Waals surface area contributed by atoms with Crippen LogP contribution in [0, 0.1) is 12.8 Å². The van der Waals surface area contributed by atoms with Gasteiger partial charge in [-0.1, -0.05) is 13.0 Å². The number of hydrogen-bond acceptors (Lipinski definition) is 3. The van der Waals surface area contributed by atoms with E-state index in [1.54, 1.807) is 6.92 Å². The second-order valence-corrected chi connectivity index (χ2v) is 4.62. The normalized spacial score (nSPS) is 14.7. The molecule has 2 rings (SSSR count). The van der Waals surface area contributed by atoms with Gasteiger partial charge in [0.1, 0.15) is 5.82 Å². The first-order chi connectivity index (χ1) is 8.41. The third-order valence-corrected chi connectivity index (χ3v) is 3.44. The van der Waals surface area contributed by atoms with Crippen molar-refractivity contribution in [1.29, 1.82) is 0 Å². The van der Waals surface area contributed by atoms with Crippen molar-refractivity contribution in [3.05, 3.63) is 29.6 Å². The standard InChI is InChI=1S/C13H17N3O2/c1-7(13(17)18)12(14)9-4-5-11-10(6-9)15-8(2)16(11)3/h4-7,12H,14H2,1-3H3,(H,17,18). The second kappa shape index (κ2) is 4.42. The van der Waals surface area contributed by atoms with Crippen molar-refractivity contribution < 1.29 is 9.90 Å². The van der Waals surface area contributed by atoms with E-state index in [2.05, 4.69) is 4.98 Å². The topological polar surface area (TPSA) is 81.1 Å². The number of fused-ring (bicyclic) bond motifs is 1. The maximum absolute atomic E-state index is 10.9. The first-order valence-corrected chi connectivity index (χ1v) is 5.83. The van der Waals surface area contributed by atoms with Crippen molar-refractivity contribution in [1.82, 2.24) is 9.55 Å². The van der Waals surface area contributed by atoms with Crippen LogP contribution < -0.4 is 5.73 Å². The molecule has 0 aliphatic rings. The number of imidazole rings is 1. The Balaban J connectivity index is 2.44. The Kier molecular flexibility index (Phi) is 3.09. The van der Waals surface area contributed by atoms with Gasteiger partial charge in [0.25, 0.3) is 0 Å². The Morgan fingerprint density at radius 1 is 1.50 bits per heavy atom. The second-order valence-electron chi connectivity index (χ2n) is 4.62. The molecule has 2 atom stereocenters. The molecule has 5 heteroatoms. The molecule has 0 amide bonds. The molecular weight excluding hydrogens is 230 g/mol. The van der Waals surface area contributed by atoms with E-state index in [-0.39, 0.29) is 0 Å². The molecule has 2 aromatic rings. The van der Waals surface area contributed by atoms with Crippen LogP contribution in [0.5, 0.6) is 0 Å². The highest BCUT2D eigenvalue weighted by Crippen LogP contribution is 2.24. The zero-order chi connectivity index (χ0) is 13.4. The maximum Gasteiger partial charge on any atom is 0.308 e. The molecule has 18 heavy (non-hydrogen) atoms. The zero-order valence-electron chi connectivity index (χ0n) is 10.7. The molecule has 3 N–H and O–H groups in total. The van der Waals surface area contributed by atoms with Gasteiger partial charge in [-0.15, -0.1) is 0 Å². The van der Waals surface area contributed by atoms with Crippen LogP contribution in [0.15, 0.2) is 18.2 Å². The third kappa shape index (κ3) is 1.97. The average Bonchev–Trinajstić information content (AvgIpc) is 2.62.